The Kier molecular flexibility index (Phi) is 6.81. The molecule has 3 heterocycles. The molecule has 1 aromatic carbocycles. The van der Waals surface area contributed by atoms with E-state index >= 15 is 0 Å². The second-order valence-corrected chi connectivity index (χ2v) is 8.65. The second kappa shape index (κ2) is 9.81. The fourth-order valence-corrected chi connectivity index (χ4v) is 4.40. The predicted molar refractivity (Wildman–Crippen MR) is 119 cm³/mol. The molecule has 1 aliphatic rings. The molecular formula is C21H21N6O7P. The number of nitriles is 1. The molecule has 0 aliphatic carbocycles. The van der Waals surface area contributed by atoms with Crippen LogP contribution in [0.15, 0.2) is 47.3 Å². The molecule has 3 aromatic rings. The number of fused-ring (bicyclic) bond motifs is 1. The number of nitrogen functional groups attached to an aromatic ring is 1. The van der Waals surface area contributed by atoms with Crippen molar-refractivity contribution in [2.24, 2.45) is 4.74 Å². The van der Waals surface area contributed by atoms with Gasteiger partial charge in [-0.3, -0.25) is 4.52 Å². The van der Waals surface area contributed by atoms with Gasteiger partial charge in [0.1, 0.15) is 18.8 Å². The van der Waals surface area contributed by atoms with Crippen molar-refractivity contribution in [2.45, 2.75) is 37.2 Å². The number of nitrogens with zero attached hydrogens (tertiary/aromatic N) is 5. The van der Waals surface area contributed by atoms with Crippen LogP contribution >= 0.6 is 8.17 Å². The molecule has 1 unspecified atom stereocenters. The number of carboxylic acids is 1. The molecule has 1 saturated heterocycles. The van der Waals surface area contributed by atoms with Gasteiger partial charge in [0.05, 0.1) is 29.2 Å². The zero-order chi connectivity index (χ0) is 25.2. The molecule has 0 bridgehead atoms. The third-order valence-corrected chi connectivity index (χ3v) is 6.31. The first-order chi connectivity index (χ1) is 16.7. The summed E-state index contributed by atoms with van der Waals surface area (Å²) in [6.07, 6.45) is -0.425. The minimum absolute atomic E-state index is 0.0720. The normalized spacial score (nSPS) is 23.1. The van der Waals surface area contributed by atoms with Crippen LogP contribution in [0.5, 0.6) is 11.5 Å². The highest BCUT2D eigenvalue weighted by Crippen LogP contribution is 2.41. The molecule has 182 valence electrons. The maximum absolute atomic E-state index is 12.1. The van der Waals surface area contributed by atoms with E-state index in [1.54, 1.807) is 30.3 Å². The van der Waals surface area contributed by atoms with E-state index in [0.717, 1.165) is 0 Å². The van der Waals surface area contributed by atoms with E-state index in [2.05, 4.69) is 21.1 Å². The Hall–Kier alpha value is -3.82. The molecule has 0 saturated carbocycles. The van der Waals surface area contributed by atoms with E-state index in [0.29, 0.717) is 11.2 Å². The Morgan fingerprint density at radius 3 is 2.91 bits per heavy atom. The third-order valence-electron chi connectivity index (χ3n) is 5.42. The Bertz CT molecular complexity index is 1320. The average molecular weight is 500 g/mol. The summed E-state index contributed by atoms with van der Waals surface area (Å²) in [6.45, 7) is 1.21. The summed E-state index contributed by atoms with van der Waals surface area (Å²) >= 11 is 0. The molecule has 13 nitrogen and oxygen atoms in total. The monoisotopic (exact) mass is 500 g/mol. The minimum atomic E-state index is -2.66. The number of carboxylic acid groups (broad SMARTS) is 1. The molecule has 35 heavy (non-hydrogen) atoms. The summed E-state index contributed by atoms with van der Waals surface area (Å²) in [7, 11) is -2.66. The van der Waals surface area contributed by atoms with E-state index in [1.807, 2.05) is 0 Å². The number of nitrogens with two attached hydrogens (primary N) is 1. The lowest BCUT2D eigenvalue weighted by atomic mass is 9.94. The minimum Gasteiger partial charge on any atom is -0.575 e. The molecule has 0 radical (unpaired) electrons. The number of anilines is 1. The van der Waals surface area contributed by atoms with Crippen molar-refractivity contribution in [3.05, 3.63) is 48.3 Å². The largest absolute Gasteiger partial charge is 0.575 e. The van der Waals surface area contributed by atoms with Gasteiger partial charge in [-0.15, -0.1) is 5.10 Å². The van der Waals surface area contributed by atoms with Crippen molar-refractivity contribution in [1.82, 2.24) is 14.8 Å². The quantitative estimate of drug-likeness (QED) is 0.372. The molecule has 2 aromatic heterocycles. The summed E-state index contributed by atoms with van der Waals surface area (Å²) in [4.78, 5) is 23.0. The molecule has 4 N–H and O–H groups in total. The van der Waals surface area contributed by atoms with Crippen LogP contribution in [0.25, 0.3) is 5.52 Å². The Morgan fingerprint density at radius 1 is 1.46 bits per heavy atom. The first kappa shape index (κ1) is 24.3. The van der Waals surface area contributed by atoms with Gasteiger partial charge >= 0.3 is 14.1 Å². The highest BCUT2D eigenvalue weighted by Gasteiger charge is 2.52. The van der Waals surface area contributed by atoms with Gasteiger partial charge in [-0.2, -0.15) is 5.26 Å². The number of carbonyl (C=O) groups is 1. The lowest BCUT2D eigenvalue weighted by molar-refractivity contribution is -0.169. The highest BCUT2D eigenvalue weighted by molar-refractivity contribution is 7.34. The van der Waals surface area contributed by atoms with Gasteiger partial charge in [-0.05, 0) is 31.2 Å². The van der Waals surface area contributed by atoms with Gasteiger partial charge in [-0.25, -0.2) is 9.31 Å². The van der Waals surface area contributed by atoms with Gasteiger partial charge in [0, 0.05) is 6.42 Å². The number of aliphatic hydroxyl groups excluding tert-OH is 1. The van der Waals surface area contributed by atoms with E-state index in [1.165, 1.54) is 23.7 Å². The number of ether oxygens (including phenoxy) is 2. The molecule has 0 amide bonds. The summed E-state index contributed by atoms with van der Waals surface area (Å²) < 4.78 is 21.9. The first-order valence-corrected chi connectivity index (χ1v) is 11.6. The zero-order valence-electron chi connectivity index (χ0n) is 18.4. The summed E-state index contributed by atoms with van der Waals surface area (Å²) in [5.74, 6) is -0.944. The number of benzene rings is 1. The van der Waals surface area contributed by atoms with E-state index < -0.39 is 38.0 Å². The molecule has 0 spiro atoms. The van der Waals surface area contributed by atoms with Crippen LogP contribution in [0, 0.1) is 11.3 Å². The lowest BCUT2D eigenvalue weighted by Gasteiger charge is -2.24. The average Bonchev–Trinajstić information content (AvgIpc) is 3.40. The van der Waals surface area contributed by atoms with Gasteiger partial charge in [-0.1, -0.05) is 22.1 Å². The number of hydrogen-bond acceptors (Lipinski definition) is 11. The standard InChI is InChI=1S/C21H21N6O7P/c1-12(20(29)30)25-35(31)34-17-5-3-2-4-16(17)32-10-13-8-19(28)21(11-22,33-13)18-7-6-15-14(23)9-24-26-27(15)18/h2-7,9,12-13,19,28H,8,10,23H2,1H3,(H,29,30)/t12-,13+,19+,21-/m0/s1. The van der Waals surface area contributed by atoms with Gasteiger partial charge in [0.2, 0.25) is 11.4 Å². The van der Waals surface area contributed by atoms with Crippen molar-refractivity contribution >= 4 is 25.3 Å². The summed E-state index contributed by atoms with van der Waals surface area (Å²) in [6, 6.07) is 10.4. The summed E-state index contributed by atoms with van der Waals surface area (Å²) in [5.41, 5.74) is 5.34. The molecule has 5 atom stereocenters. The number of hydrogen-bond donors (Lipinski definition) is 3. The maximum atomic E-state index is 12.1. The van der Waals surface area contributed by atoms with Crippen LogP contribution in [-0.2, 0) is 15.1 Å². The van der Waals surface area contributed by atoms with Crippen LogP contribution in [0.1, 0.15) is 19.0 Å². The number of aliphatic hydroxyl groups is 1. The zero-order valence-corrected chi connectivity index (χ0v) is 19.3. The van der Waals surface area contributed by atoms with Crippen LogP contribution < -0.4 is 19.9 Å². The molecule has 14 heteroatoms. The maximum Gasteiger partial charge on any atom is 0.395 e. The van der Waals surface area contributed by atoms with Crippen LogP contribution in [0.3, 0.4) is 0 Å². The number of rotatable bonds is 8. The topological polar surface area (TPSA) is 201 Å². The summed E-state index contributed by atoms with van der Waals surface area (Å²) in [5, 5.41) is 37.5. The Labute approximate surface area is 199 Å². The van der Waals surface area contributed by atoms with Gasteiger partial charge in [0.25, 0.3) is 0 Å². The van der Waals surface area contributed by atoms with E-state index in [4.69, 9.17) is 24.8 Å². The fourth-order valence-electron chi connectivity index (χ4n) is 3.65. The number of para-hydroxylation sites is 2. The Morgan fingerprint density at radius 2 is 2.20 bits per heavy atom. The van der Waals surface area contributed by atoms with Crippen molar-refractivity contribution in [3.63, 3.8) is 0 Å². The number of aromatic nitrogens is 3. The van der Waals surface area contributed by atoms with Crippen molar-refractivity contribution in [2.75, 3.05) is 12.3 Å². The van der Waals surface area contributed by atoms with Crippen molar-refractivity contribution in [3.8, 4) is 17.6 Å². The fraction of sp³-hybridized carbons (Fsp3) is 0.333. The molecular weight excluding hydrogens is 479 g/mol. The number of aliphatic carboxylic acids is 1. The SMILES string of the molecule is C[C@H](N=[P+]([O-])Oc1ccccc1OC[C@H]1C[C@@H](O)[C@](C#N)(c2ccc3c(N)cnnn23)O1)C(=O)O. The van der Waals surface area contributed by atoms with E-state index in [9.17, 15) is 20.1 Å². The molecule has 1 aliphatic heterocycles. The van der Waals surface area contributed by atoms with Crippen LogP contribution in [-0.4, -0.2) is 55.9 Å². The Balaban J connectivity index is 1.50. The highest BCUT2D eigenvalue weighted by atomic mass is 31.1. The van der Waals surface area contributed by atoms with E-state index in [-0.39, 0.29) is 30.2 Å². The van der Waals surface area contributed by atoms with Crippen molar-refractivity contribution < 1.29 is 33.9 Å². The van der Waals surface area contributed by atoms with Crippen LogP contribution in [0.2, 0.25) is 0 Å². The molecule has 4 rings (SSSR count). The lowest BCUT2D eigenvalue weighted by Crippen LogP contribution is -2.37. The smallest absolute Gasteiger partial charge is 0.395 e. The molecule has 1 fully saturated rings. The van der Waals surface area contributed by atoms with Gasteiger partial charge < -0.3 is 30.3 Å². The second-order valence-electron chi connectivity index (χ2n) is 7.76. The van der Waals surface area contributed by atoms with Crippen molar-refractivity contribution in [1.29, 1.82) is 5.26 Å². The first-order valence-electron chi connectivity index (χ1n) is 10.4. The van der Waals surface area contributed by atoms with Crippen LogP contribution in [0.4, 0.5) is 5.69 Å². The van der Waals surface area contributed by atoms with Gasteiger partial charge in [0.15, 0.2) is 11.8 Å². The third kappa shape index (κ3) is 4.73. The predicted octanol–water partition coefficient (Wildman–Crippen LogP) is 0.967.